The van der Waals surface area contributed by atoms with Gasteiger partial charge in [0, 0.05) is 21.7 Å². The molecule has 0 aliphatic heterocycles. The minimum atomic E-state index is -0.222. The van der Waals surface area contributed by atoms with Crippen LogP contribution in [0, 0.1) is 20.8 Å². The van der Waals surface area contributed by atoms with Gasteiger partial charge in [-0.1, -0.05) is 23.8 Å². The van der Waals surface area contributed by atoms with E-state index in [9.17, 15) is 9.59 Å². The standard InChI is InChI=1S/C20H19N5O2S/c1-12-6-8-15(9-7-12)18(27)24(11-16-5-4-10-28-16)20-22-19-21-14(3)13(2)17(26)25(19)23-20/h4-10H,11H2,1-3H3,(H,21,22,23). The molecule has 0 aliphatic carbocycles. The molecule has 1 N–H and O–H groups in total. The molecular formula is C20H19N5O2S. The molecule has 0 unspecified atom stereocenters. The predicted molar refractivity (Wildman–Crippen MR) is 109 cm³/mol. The Morgan fingerprint density at radius 3 is 2.57 bits per heavy atom. The fraction of sp³-hybridized carbons (Fsp3) is 0.200. The molecule has 0 atom stereocenters. The normalized spacial score (nSPS) is 11.1. The van der Waals surface area contributed by atoms with Crippen molar-refractivity contribution in [1.29, 1.82) is 0 Å². The highest BCUT2D eigenvalue weighted by molar-refractivity contribution is 7.09. The molecule has 4 aromatic rings. The van der Waals surface area contributed by atoms with Gasteiger partial charge in [-0.05, 0) is 44.4 Å². The van der Waals surface area contributed by atoms with E-state index in [4.69, 9.17) is 0 Å². The van der Waals surface area contributed by atoms with Crippen LogP contribution >= 0.6 is 11.3 Å². The van der Waals surface area contributed by atoms with Gasteiger partial charge in [-0.15, -0.1) is 11.3 Å². The molecule has 3 heterocycles. The van der Waals surface area contributed by atoms with Crippen LogP contribution in [0.5, 0.6) is 0 Å². The smallest absolute Gasteiger partial charge is 0.272 e. The van der Waals surface area contributed by atoms with Gasteiger partial charge in [0.1, 0.15) is 0 Å². The number of fused-ring (bicyclic) bond motifs is 1. The molecule has 0 saturated carbocycles. The first-order valence-corrected chi connectivity index (χ1v) is 9.69. The second-order valence-corrected chi connectivity index (χ2v) is 7.68. The van der Waals surface area contributed by atoms with Gasteiger partial charge in [-0.3, -0.25) is 19.6 Å². The molecule has 0 fully saturated rings. The van der Waals surface area contributed by atoms with Crippen molar-refractivity contribution in [3.05, 3.63) is 79.4 Å². The van der Waals surface area contributed by atoms with E-state index in [0.717, 1.165) is 10.4 Å². The highest BCUT2D eigenvalue weighted by Crippen LogP contribution is 2.20. The molecule has 8 heteroatoms. The fourth-order valence-corrected chi connectivity index (χ4v) is 3.56. The number of aromatic amines is 1. The Hall–Kier alpha value is -3.26. The number of hydrogen-bond acceptors (Lipinski definition) is 5. The van der Waals surface area contributed by atoms with Crippen LogP contribution in [-0.2, 0) is 6.54 Å². The number of nitrogens with zero attached hydrogens (tertiary/aromatic N) is 4. The van der Waals surface area contributed by atoms with E-state index in [0.29, 0.717) is 23.4 Å². The maximum atomic E-state index is 13.2. The van der Waals surface area contributed by atoms with Crippen molar-refractivity contribution in [1.82, 2.24) is 19.6 Å². The summed E-state index contributed by atoms with van der Waals surface area (Å²) in [6.07, 6.45) is 0. The van der Waals surface area contributed by atoms with Gasteiger partial charge in [0.15, 0.2) is 0 Å². The molecule has 0 saturated heterocycles. The van der Waals surface area contributed by atoms with E-state index < -0.39 is 0 Å². The minimum Gasteiger partial charge on any atom is -0.272 e. The van der Waals surface area contributed by atoms with E-state index in [1.807, 2.05) is 36.6 Å². The number of amides is 1. The van der Waals surface area contributed by atoms with Crippen molar-refractivity contribution in [2.75, 3.05) is 4.90 Å². The topological polar surface area (TPSA) is 83.4 Å². The molecule has 0 aliphatic rings. The lowest BCUT2D eigenvalue weighted by Crippen LogP contribution is -2.31. The summed E-state index contributed by atoms with van der Waals surface area (Å²) in [5.74, 6) is 0.332. The average molecular weight is 393 g/mol. The fourth-order valence-electron chi connectivity index (χ4n) is 2.87. The lowest BCUT2D eigenvalue weighted by atomic mass is 10.1. The zero-order chi connectivity index (χ0) is 19.8. The zero-order valence-electron chi connectivity index (χ0n) is 15.8. The van der Waals surface area contributed by atoms with Gasteiger partial charge >= 0.3 is 0 Å². The molecule has 0 bridgehead atoms. The van der Waals surface area contributed by atoms with E-state index >= 15 is 0 Å². The number of H-pyrrole nitrogens is 1. The summed E-state index contributed by atoms with van der Waals surface area (Å²) in [5, 5.41) is 4.91. The van der Waals surface area contributed by atoms with Crippen LogP contribution in [0.1, 0.15) is 32.1 Å². The van der Waals surface area contributed by atoms with Crippen molar-refractivity contribution < 1.29 is 4.79 Å². The summed E-state index contributed by atoms with van der Waals surface area (Å²) >= 11 is 1.56. The average Bonchev–Trinajstić information content (AvgIpc) is 3.34. The van der Waals surface area contributed by atoms with Gasteiger partial charge in [-0.2, -0.15) is 9.50 Å². The quantitative estimate of drug-likeness (QED) is 0.577. The zero-order valence-corrected chi connectivity index (χ0v) is 16.6. The summed E-state index contributed by atoms with van der Waals surface area (Å²) in [4.78, 5) is 37.1. The number of anilines is 1. The van der Waals surface area contributed by atoms with Gasteiger partial charge in [0.25, 0.3) is 17.2 Å². The maximum absolute atomic E-state index is 13.2. The van der Waals surface area contributed by atoms with Crippen LogP contribution in [0.2, 0.25) is 0 Å². The Morgan fingerprint density at radius 1 is 1.14 bits per heavy atom. The van der Waals surface area contributed by atoms with Crippen LogP contribution in [0.25, 0.3) is 5.78 Å². The first kappa shape index (κ1) is 18.1. The van der Waals surface area contributed by atoms with Crippen molar-refractivity contribution in [2.45, 2.75) is 27.3 Å². The van der Waals surface area contributed by atoms with Crippen molar-refractivity contribution in [3.63, 3.8) is 0 Å². The molecule has 142 valence electrons. The van der Waals surface area contributed by atoms with E-state index in [1.165, 1.54) is 9.42 Å². The highest BCUT2D eigenvalue weighted by atomic mass is 32.1. The number of benzene rings is 1. The van der Waals surface area contributed by atoms with Gasteiger partial charge in [0.2, 0.25) is 5.95 Å². The van der Waals surface area contributed by atoms with Crippen molar-refractivity contribution in [2.24, 2.45) is 0 Å². The molecule has 28 heavy (non-hydrogen) atoms. The lowest BCUT2D eigenvalue weighted by Gasteiger charge is -2.19. The van der Waals surface area contributed by atoms with Crippen LogP contribution < -0.4 is 10.5 Å². The molecule has 3 aromatic heterocycles. The maximum Gasteiger partial charge on any atom is 0.277 e. The summed E-state index contributed by atoms with van der Waals surface area (Å²) in [5.41, 5.74) is 2.57. The third-order valence-electron chi connectivity index (χ3n) is 4.65. The number of aromatic nitrogens is 4. The summed E-state index contributed by atoms with van der Waals surface area (Å²) in [6, 6.07) is 11.3. The third-order valence-corrected chi connectivity index (χ3v) is 5.51. The Bertz CT molecular complexity index is 1210. The molecule has 7 nitrogen and oxygen atoms in total. The van der Waals surface area contributed by atoms with E-state index in [-0.39, 0.29) is 23.2 Å². The first-order valence-electron chi connectivity index (χ1n) is 8.81. The second kappa shape index (κ2) is 7.05. The molecule has 4 rings (SSSR count). The second-order valence-electron chi connectivity index (χ2n) is 6.65. The first-order chi connectivity index (χ1) is 13.4. The molecule has 1 aromatic carbocycles. The lowest BCUT2D eigenvalue weighted by molar-refractivity contribution is 0.0983. The predicted octanol–water partition coefficient (Wildman–Crippen LogP) is 3.25. The summed E-state index contributed by atoms with van der Waals surface area (Å²) in [6.45, 7) is 5.81. The van der Waals surface area contributed by atoms with Crippen LogP contribution in [-0.4, -0.2) is 25.5 Å². The van der Waals surface area contributed by atoms with Crippen LogP contribution in [0.3, 0.4) is 0 Å². The summed E-state index contributed by atoms with van der Waals surface area (Å²) < 4.78 is 1.28. The Morgan fingerprint density at radius 2 is 1.89 bits per heavy atom. The Labute approximate surface area is 165 Å². The number of rotatable bonds is 4. The largest absolute Gasteiger partial charge is 0.277 e. The number of carbonyl (C=O) groups is 1. The third kappa shape index (κ3) is 3.22. The van der Waals surface area contributed by atoms with Crippen LogP contribution in [0.4, 0.5) is 5.95 Å². The number of carbonyl (C=O) groups excluding carboxylic acids is 1. The van der Waals surface area contributed by atoms with Gasteiger partial charge in [0.05, 0.1) is 6.54 Å². The van der Waals surface area contributed by atoms with E-state index in [2.05, 4.69) is 15.1 Å². The molecular weight excluding hydrogens is 374 g/mol. The van der Waals surface area contributed by atoms with Gasteiger partial charge < -0.3 is 0 Å². The molecule has 0 spiro atoms. The Balaban J connectivity index is 1.82. The van der Waals surface area contributed by atoms with E-state index in [1.54, 1.807) is 37.3 Å². The SMILES string of the molecule is Cc1ccc(C(=O)N(Cc2cccs2)c2nc3nc(C)c(C)c(=O)n3[nH]2)cc1. The number of nitrogens with one attached hydrogen (secondary N) is 1. The van der Waals surface area contributed by atoms with Crippen molar-refractivity contribution >= 4 is 29.0 Å². The van der Waals surface area contributed by atoms with Crippen LogP contribution in [0.15, 0.2) is 46.6 Å². The van der Waals surface area contributed by atoms with Crippen molar-refractivity contribution in [3.8, 4) is 0 Å². The number of thiophene rings is 1. The highest BCUT2D eigenvalue weighted by Gasteiger charge is 2.23. The molecule has 1 amide bonds. The van der Waals surface area contributed by atoms with Gasteiger partial charge in [-0.25, -0.2) is 4.98 Å². The number of hydrogen-bond donors (Lipinski definition) is 1. The summed E-state index contributed by atoms with van der Waals surface area (Å²) in [7, 11) is 0. The number of aryl methyl sites for hydroxylation is 2. The monoisotopic (exact) mass is 393 g/mol. The minimum absolute atomic E-state index is 0.200. The Kier molecular flexibility index (Phi) is 4.56. The molecule has 0 radical (unpaired) electrons.